The molecule has 1 aliphatic heterocycles. The van der Waals surface area contributed by atoms with E-state index >= 15 is 0 Å². The van der Waals surface area contributed by atoms with Crippen LogP contribution in [0.5, 0.6) is 0 Å². The van der Waals surface area contributed by atoms with E-state index in [9.17, 15) is 18.0 Å². The summed E-state index contributed by atoms with van der Waals surface area (Å²) in [6.45, 7) is 2.90. The number of carbonyl (C=O) groups is 2. The Morgan fingerprint density at radius 1 is 1.24 bits per heavy atom. The molecule has 2 aliphatic rings. The van der Waals surface area contributed by atoms with Gasteiger partial charge in [-0.3, -0.25) is 9.59 Å². The van der Waals surface area contributed by atoms with Gasteiger partial charge in [0, 0.05) is 24.5 Å². The van der Waals surface area contributed by atoms with Gasteiger partial charge in [-0.05, 0) is 56.9 Å². The molecule has 9 heteroatoms. The zero-order valence-corrected chi connectivity index (χ0v) is 17.0. The number of hydrogen-bond donors (Lipinski definition) is 1. The Morgan fingerprint density at radius 2 is 2.03 bits per heavy atom. The molecular formula is C20H24N2O6S. The van der Waals surface area contributed by atoms with Crippen LogP contribution in [0.1, 0.15) is 43.2 Å². The van der Waals surface area contributed by atoms with Crippen molar-refractivity contribution in [2.45, 2.75) is 43.5 Å². The van der Waals surface area contributed by atoms with Crippen LogP contribution in [0, 0.1) is 5.92 Å². The Labute approximate surface area is 169 Å². The van der Waals surface area contributed by atoms with Crippen LogP contribution in [0.4, 0.5) is 0 Å². The summed E-state index contributed by atoms with van der Waals surface area (Å²) in [6, 6.07) is 6.12. The van der Waals surface area contributed by atoms with Crippen LogP contribution in [0.25, 0.3) is 11.0 Å². The third-order valence-electron chi connectivity index (χ3n) is 5.24. The average molecular weight is 420 g/mol. The van der Waals surface area contributed by atoms with Crippen LogP contribution in [0.3, 0.4) is 0 Å². The Kier molecular flexibility index (Phi) is 5.35. The van der Waals surface area contributed by atoms with Crippen molar-refractivity contribution in [3.8, 4) is 0 Å². The number of likely N-dealkylation sites (tertiary alicyclic amines) is 1. The van der Waals surface area contributed by atoms with Crippen LogP contribution >= 0.6 is 0 Å². The first-order valence-corrected chi connectivity index (χ1v) is 11.4. The predicted molar refractivity (Wildman–Crippen MR) is 105 cm³/mol. The second-order valence-corrected chi connectivity index (χ2v) is 9.26. The van der Waals surface area contributed by atoms with E-state index in [1.165, 1.54) is 12.1 Å². The minimum atomic E-state index is -3.58. The lowest BCUT2D eigenvalue weighted by molar-refractivity contribution is -0.149. The molecule has 1 saturated carbocycles. The number of rotatable bonds is 6. The maximum atomic E-state index is 12.9. The molecule has 0 bridgehead atoms. The molecule has 1 aromatic carbocycles. The summed E-state index contributed by atoms with van der Waals surface area (Å²) in [7, 11) is -3.58. The SMILES string of the molecule is CCOC(=O)C1CCCN(C(=O)c2cc3cc(S(=O)(=O)NC4CC4)ccc3o2)C1. The van der Waals surface area contributed by atoms with E-state index < -0.39 is 10.0 Å². The van der Waals surface area contributed by atoms with E-state index in [0.717, 1.165) is 12.8 Å². The summed E-state index contributed by atoms with van der Waals surface area (Å²) in [4.78, 5) is 26.6. The molecule has 1 aromatic heterocycles. The van der Waals surface area contributed by atoms with Crippen molar-refractivity contribution in [1.29, 1.82) is 0 Å². The lowest BCUT2D eigenvalue weighted by atomic mass is 9.98. The molecule has 2 fully saturated rings. The molecular weight excluding hydrogens is 396 g/mol. The highest BCUT2D eigenvalue weighted by molar-refractivity contribution is 7.89. The second-order valence-electron chi connectivity index (χ2n) is 7.55. The number of nitrogens with zero attached hydrogens (tertiary/aromatic N) is 1. The molecule has 1 amide bonds. The smallest absolute Gasteiger partial charge is 0.310 e. The molecule has 0 spiro atoms. The number of nitrogens with one attached hydrogen (secondary N) is 1. The Morgan fingerprint density at radius 3 is 2.76 bits per heavy atom. The normalized spacial score (nSPS) is 20.0. The topological polar surface area (TPSA) is 106 Å². The van der Waals surface area contributed by atoms with Crippen molar-refractivity contribution >= 4 is 32.9 Å². The molecule has 1 unspecified atom stereocenters. The van der Waals surface area contributed by atoms with Gasteiger partial charge in [-0.25, -0.2) is 13.1 Å². The third kappa shape index (κ3) is 4.30. The van der Waals surface area contributed by atoms with Crippen LogP contribution < -0.4 is 4.72 Å². The molecule has 8 nitrogen and oxygen atoms in total. The summed E-state index contributed by atoms with van der Waals surface area (Å²) < 4.78 is 38.2. The maximum absolute atomic E-state index is 12.9. The van der Waals surface area contributed by atoms with Gasteiger partial charge in [-0.1, -0.05) is 0 Å². The Hall–Kier alpha value is -2.39. The van der Waals surface area contributed by atoms with Gasteiger partial charge in [0.25, 0.3) is 5.91 Å². The summed E-state index contributed by atoms with van der Waals surface area (Å²) in [5, 5.41) is 0.547. The van der Waals surface area contributed by atoms with E-state index in [1.807, 2.05) is 0 Å². The number of fused-ring (bicyclic) bond motifs is 1. The van der Waals surface area contributed by atoms with E-state index in [1.54, 1.807) is 24.0 Å². The van der Waals surface area contributed by atoms with E-state index in [2.05, 4.69) is 4.72 Å². The fourth-order valence-electron chi connectivity index (χ4n) is 3.55. The summed E-state index contributed by atoms with van der Waals surface area (Å²) in [6.07, 6.45) is 3.12. The standard InChI is InChI=1S/C20H24N2O6S/c1-2-27-20(24)13-4-3-9-22(12-13)19(23)18-11-14-10-16(7-8-17(14)28-18)29(25,26)21-15-5-6-15/h7-8,10-11,13,15,21H,2-6,9,12H2,1H3. The lowest BCUT2D eigenvalue weighted by Gasteiger charge is -2.30. The summed E-state index contributed by atoms with van der Waals surface area (Å²) in [5.41, 5.74) is 0.442. The quantitative estimate of drug-likeness (QED) is 0.719. The molecule has 29 heavy (non-hydrogen) atoms. The second kappa shape index (κ2) is 7.79. The number of amides is 1. The van der Waals surface area contributed by atoms with Gasteiger partial charge in [-0.2, -0.15) is 0 Å². The van der Waals surface area contributed by atoms with Crippen LogP contribution in [-0.4, -0.2) is 50.9 Å². The van der Waals surface area contributed by atoms with Crippen LogP contribution in [0.15, 0.2) is 33.6 Å². The summed E-state index contributed by atoms with van der Waals surface area (Å²) >= 11 is 0. The maximum Gasteiger partial charge on any atom is 0.310 e. The van der Waals surface area contributed by atoms with Crippen molar-refractivity contribution in [2.24, 2.45) is 5.92 Å². The van der Waals surface area contributed by atoms with Gasteiger partial charge in [0.15, 0.2) is 5.76 Å². The summed E-state index contributed by atoms with van der Waals surface area (Å²) in [5.74, 6) is -0.792. The van der Waals surface area contributed by atoms with Gasteiger partial charge in [0.05, 0.1) is 17.4 Å². The number of esters is 1. The molecule has 4 rings (SSSR count). The van der Waals surface area contributed by atoms with E-state index in [-0.39, 0.29) is 34.5 Å². The molecule has 156 valence electrons. The van der Waals surface area contributed by atoms with Gasteiger partial charge >= 0.3 is 5.97 Å². The highest BCUT2D eigenvalue weighted by Gasteiger charge is 2.31. The molecule has 1 aliphatic carbocycles. The first kappa shape index (κ1) is 19.9. The molecule has 0 radical (unpaired) electrons. The Balaban J connectivity index is 1.53. The minimum Gasteiger partial charge on any atom is -0.466 e. The molecule has 2 aromatic rings. The van der Waals surface area contributed by atoms with Gasteiger partial charge < -0.3 is 14.1 Å². The lowest BCUT2D eigenvalue weighted by Crippen LogP contribution is -2.42. The average Bonchev–Trinajstić information content (AvgIpc) is 3.40. The van der Waals surface area contributed by atoms with Crippen molar-refractivity contribution in [3.63, 3.8) is 0 Å². The first-order valence-electron chi connectivity index (χ1n) is 9.89. The number of hydrogen-bond acceptors (Lipinski definition) is 6. The largest absolute Gasteiger partial charge is 0.466 e. The fourth-order valence-corrected chi connectivity index (χ4v) is 4.89. The first-order chi connectivity index (χ1) is 13.9. The number of ether oxygens (including phenoxy) is 1. The highest BCUT2D eigenvalue weighted by Crippen LogP contribution is 2.27. The highest BCUT2D eigenvalue weighted by atomic mass is 32.2. The zero-order chi connectivity index (χ0) is 20.6. The van der Waals surface area contributed by atoms with Crippen molar-refractivity contribution in [3.05, 3.63) is 30.0 Å². The minimum absolute atomic E-state index is 0.0173. The zero-order valence-electron chi connectivity index (χ0n) is 16.2. The van der Waals surface area contributed by atoms with Gasteiger partial charge in [0.2, 0.25) is 10.0 Å². The van der Waals surface area contributed by atoms with Gasteiger partial charge in [0.1, 0.15) is 5.58 Å². The van der Waals surface area contributed by atoms with Crippen molar-refractivity contribution < 1.29 is 27.2 Å². The number of carbonyl (C=O) groups excluding carboxylic acids is 2. The van der Waals surface area contributed by atoms with E-state index in [4.69, 9.17) is 9.15 Å². The number of furan rings is 1. The molecule has 1 saturated heterocycles. The third-order valence-corrected chi connectivity index (χ3v) is 6.75. The molecule has 2 heterocycles. The van der Waals surface area contributed by atoms with Crippen LogP contribution in [0.2, 0.25) is 0 Å². The Bertz CT molecular complexity index is 1040. The number of piperidine rings is 1. The number of sulfonamides is 1. The van der Waals surface area contributed by atoms with E-state index in [0.29, 0.717) is 43.5 Å². The fraction of sp³-hybridized carbons (Fsp3) is 0.500. The van der Waals surface area contributed by atoms with Crippen molar-refractivity contribution in [1.82, 2.24) is 9.62 Å². The van der Waals surface area contributed by atoms with Crippen LogP contribution in [-0.2, 0) is 19.6 Å². The predicted octanol–water partition coefficient (Wildman–Crippen LogP) is 2.29. The number of benzene rings is 1. The van der Waals surface area contributed by atoms with Gasteiger partial charge in [-0.15, -0.1) is 0 Å². The van der Waals surface area contributed by atoms with Crippen molar-refractivity contribution in [2.75, 3.05) is 19.7 Å². The monoisotopic (exact) mass is 420 g/mol. The molecule has 1 atom stereocenters. The molecule has 1 N–H and O–H groups in total.